The van der Waals surface area contributed by atoms with Gasteiger partial charge in [0.15, 0.2) is 11.2 Å². The molecule has 2 heterocycles. The molecule has 0 atom stereocenters. The third-order valence-corrected chi connectivity index (χ3v) is 4.29. The molecule has 6 nitrogen and oxygen atoms in total. The SMILES string of the molecule is O=c1[nH]c(NC(F)(F)C(F)(F)C(F)(F)C(F)(F)C(F)(F)C(F)(F)C(F)(F)C(F)(F)F)nc2[nH]cnc12. The number of fused-ring (bicyclic) bond motifs is 1. The zero-order chi connectivity index (χ0) is 28.6. The van der Waals surface area contributed by atoms with Crippen LogP contribution in [0.25, 0.3) is 11.2 Å². The van der Waals surface area contributed by atoms with Crippen molar-refractivity contribution in [3.8, 4) is 0 Å². The van der Waals surface area contributed by atoms with Crippen LogP contribution in [0.3, 0.4) is 0 Å². The Morgan fingerprint density at radius 3 is 1.50 bits per heavy atom. The summed E-state index contributed by atoms with van der Waals surface area (Å²) in [6.07, 6.45) is -7.18. The molecule has 0 amide bonds. The van der Waals surface area contributed by atoms with Gasteiger partial charge in [0.05, 0.1) is 6.33 Å². The normalized spacial score (nSPS) is 15.5. The molecule has 2 rings (SSSR count). The zero-order valence-corrected chi connectivity index (χ0v) is 15.8. The van der Waals surface area contributed by atoms with Gasteiger partial charge in [-0.15, -0.1) is 0 Å². The van der Waals surface area contributed by atoms with Gasteiger partial charge in [-0.1, -0.05) is 0 Å². The van der Waals surface area contributed by atoms with Gasteiger partial charge in [-0.3, -0.25) is 15.1 Å². The van der Waals surface area contributed by atoms with E-state index in [9.17, 15) is 79.4 Å². The van der Waals surface area contributed by atoms with Gasteiger partial charge in [0.1, 0.15) is 0 Å². The minimum Gasteiger partial charge on any atom is -0.329 e. The van der Waals surface area contributed by atoms with E-state index in [-0.39, 0.29) is 5.32 Å². The summed E-state index contributed by atoms with van der Waals surface area (Å²) in [5, 5.41) is -0.0675. The maximum absolute atomic E-state index is 13.9. The summed E-state index contributed by atoms with van der Waals surface area (Å²) in [5.41, 5.74) is -3.13. The lowest BCUT2D eigenvalue weighted by Crippen LogP contribution is -2.75. The minimum absolute atomic E-state index is 0.0675. The average Bonchev–Trinajstić information content (AvgIpc) is 3.14. The predicted octanol–water partition coefficient (Wildman–Crippen LogP) is 5.02. The maximum Gasteiger partial charge on any atom is 0.460 e. The van der Waals surface area contributed by atoms with Crippen molar-refractivity contribution in [1.82, 2.24) is 19.9 Å². The van der Waals surface area contributed by atoms with Crippen molar-refractivity contribution in [3.63, 3.8) is 0 Å². The largest absolute Gasteiger partial charge is 0.460 e. The summed E-state index contributed by atoms with van der Waals surface area (Å²) >= 11 is 0. The monoisotopic (exact) mass is 569 g/mol. The van der Waals surface area contributed by atoms with Gasteiger partial charge in [-0.2, -0.15) is 79.6 Å². The van der Waals surface area contributed by atoms with Crippen LogP contribution in [0.15, 0.2) is 11.1 Å². The summed E-state index contributed by atoms with van der Waals surface area (Å²) in [5.74, 6) is -52.7. The number of aromatic nitrogens is 4. The van der Waals surface area contributed by atoms with E-state index in [1.165, 1.54) is 0 Å². The van der Waals surface area contributed by atoms with Crippen LogP contribution in [0.2, 0.25) is 0 Å². The van der Waals surface area contributed by atoms with Gasteiger partial charge in [0.2, 0.25) is 5.95 Å². The highest BCUT2D eigenvalue weighted by atomic mass is 19.4. The molecule has 2 aromatic heterocycles. The van der Waals surface area contributed by atoms with Crippen molar-refractivity contribution in [2.24, 2.45) is 0 Å². The molecule has 206 valence electrons. The number of imidazole rings is 1. The first-order valence-corrected chi connectivity index (χ1v) is 8.13. The van der Waals surface area contributed by atoms with Crippen LogP contribution >= 0.6 is 0 Å². The Kier molecular flexibility index (Phi) is 6.27. The van der Waals surface area contributed by atoms with E-state index < -0.39 is 70.4 Å². The first kappa shape index (κ1) is 29.2. The van der Waals surface area contributed by atoms with Crippen LogP contribution in [-0.4, -0.2) is 67.7 Å². The lowest BCUT2D eigenvalue weighted by molar-refractivity contribution is -0.460. The van der Waals surface area contributed by atoms with Crippen molar-refractivity contribution >= 4 is 17.1 Å². The second-order valence-corrected chi connectivity index (χ2v) is 6.66. The number of halogens is 17. The molecule has 0 bridgehead atoms. The van der Waals surface area contributed by atoms with Gasteiger partial charge in [-0.25, -0.2) is 4.98 Å². The van der Waals surface area contributed by atoms with Crippen molar-refractivity contribution in [1.29, 1.82) is 0 Å². The molecule has 0 saturated carbocycles. The minimum atomic E-state index is -8.73. The topological polar surface area (TPSA) is 86.5 Å². The number of nitrogens with zero attached hydrogens (tertiary/aromatic N) is 2. The molecule has 3 N–H and O–H groups in total. The highest BCUT2D eigenvalue weighted by Crippen LogP contribution is 2.63. The van der Waals surface area contributed by atoms with Crippen LogP contribution in [0.1, 0.15) is 0 Å². The molecule has 2 aromatic rings. The highest BCUT2D eigenvalue weighted by molar-refractivity contribution is 5.69. The Labute approximate surface area is 182 Å². The molecular weight excluding hydrogens is 565 g/mol. The fourth-order valence-electron chi connectivity index (χ4n) is 2.30. The standard InChI is InChI=1S/C13H4F17N5O/c14-6(15,8(18,19)10(22,23)12(26,27)28)7(16,17)9(20,21)11(24,25)13(29,30)35-5-33-3-2(4(36)34-5)31-1-32-3/h1H,(H3,31,32,33,34,35,36). The van der Waals surface area contributed by atoms with E-state index in [0.717, 1.165) is 4.98 Å². The molecule has 0 spiro atoms. The first-order valence-electron chi connectivity index (χ1n) is 8.13. The van der Waals surface area contributed by atoms with Gasteiger partial charge >= 0.3 is 47.8 Å². The Morgan fingerprint density at radius 1 is 0.639 bits per heavy atom. The van der Waals surface area contributed by atoms with Crippen molar-refractivity contribution in [2.45, 2.75) is 47.8 Å². The summed E-state index contributed by atoms with van der Waals surface area (Å²) in [7, 11) is 0. The molecule has 0 fully saturated rings. The molecule has 0 radical (unpaired) electrons. The summed E-state index contributed by atoms with van der Waals surface area (Å²) < 4.78 is 225. The maximum atomic E-state index is 13.9. The second kappa shape index (κ2) is 7.73. The second-order valence-electron chi connectivity index (χ2n) is 6.66. The third-order valence-electron chi connectivity index (χ3n) is 4.29. The molecule has 0 aliphatic heterocycles. The van der Waals surface area contributed by atoms with Crippen LogP contribution in [-0.2, 0) is 0 Å². The van der Waals surface area contributed by atoms with E-state index in [2.05, 4.69) is 9.97 Å². The molecule has 0 unspecified atom stereocenters. The predicted molar refractivity (Wildman–Crippen MR) is 78.8 cm³/mol. The van der Waals surface area contributed by atoms with E-state index in [0.29, 0.717) is 6.33 Å². The van der Waals surface area contributed by atoms with Crippen molar-refractivity contribution in [2.75, 3.05) is 5.32 Å². The zero-order valence-electron chi connectivity index (χ0n) is 15.8. The molecule has 23 heteroatoms. The fourth-order valence-corrected chi connectivity index (χ4v) is 2.30. The number of rotatable bonds is 8. The molecule has 0 aliphatic rings. The molecule has 0 saturated heterocycles. The number of alkyl halides is 17. The van der Waals surface area contributed by atoms with Gasteiger partial charge in [-0.05, 0) is 0 Å². The average molecular weight is 569 g/mol. The van der Waals surface area contributed by atoms with E-state index in [1.807, 2.05) is 4.98 Å². The lowest BCUT2D eigenvalue weighted by atomic mass is 9.90. The molecule has 36 heavy (non-hydrogen) atoms. The number of hydrogen-bond donors (Lipinski definition) is 3. The van der Waals surface area contributed by atoms with E-state index in [1.54, 1.807) is 0 Å². The first-order chi connectivity index (χ1) is 15.7. The summed E-state index contributed by atoms with van der Waals surface area (Å²) in [4.78, 5) is 20.7. The van der Waals surface area contributed by atoms with Crippen LogP contribution < -0.4 is 10.9 Å². The number of hydrogen-bond acceptors (Lipinski definition) is 4. The number of H-pyrrole nitrogens is 2. The Balaban J connectivity index is 2.58. The smallest absolute Gasteiger partial charge is 0.329 e. The Hall–Kier alpha value is -3.04. The highest BCUT2D eigenvalue weighted by Gasteiger charge is 2.95. The lowest BCUT2D eigenvalue weighted by Gasteiger charge is -2.42. The van der Waals surface area contributed by atoms with Crippen molar-refractivity contribution in [3.05, 3.63) is 16.7 Å². The summed E-state index contributed by atoms with van der Waals surface area (Å²) in [6.45, 7) is 0. The van der Waals surface area contributed by atoms with E-state index >= 15 is 0 Å². The van der Waals surface area contributed by atoms with E-state index in [4.69, 9.17) is 0 Å². The number of nitrogens with one attached hydrogen (secondary N) is 3. The van der Waals surface area contributed by atoms with Gasteiger partial charge in [0.25, 0.3) is 5.56 Å². The number of aromatic amines is 2. The van der Waals surface area contributed by atoms with Gasteiger partial charge < -0.3 is 4.98 Å². The molecule has 0 aliphatic carbocycles. The quantitative estimate of drug-likeness (QED) is 0.308. The molecular formula is C13H4F17N5O. The molecule has 0 aromatic carbocycles. The Morgan fingerprint density at radius 2 is 1.06 bits per heavy atom. The summed E-state index contributed by atoms with van der Waals surface area (Å²) in [6, 6.07) is -6.96. The fraction of sp³-hybridized carbons (Fsp3) is 0.615. The number of anilines is 1. The van der Waals surface area contributed by atoms with Crippen molar-refractivity contribution < 1.29 is 74.6 Å². The van der Waals surface area contributed by atoms with Gasteiger partial charge in [0, 0.05) is 0 Å². The Bertz CT molecular complexity index is 1180. The van der Waals surface area contributed by atoms with Crippen LogP contribution in [0.5, 0.6) is 0 Å². The third kappa shape index (κ3) is 3.67. The van der Waals surface area contributed by atoms with Crippen LogP contribution in [0, 0.1) is 0 Å². The van der Waals surface area contributed by atoms with Crippen LogP contribution in [0.4, 0.5) is 80.6 Å².